The number of nitrogens with one attached hydrogen (secondary N) is 1. The van der Waals surface area contributed by atoms with Gasteiger partial charge in [-0.2, -0.15) is 0 Å². The molecule has 1 aromatic carbocycles. The van der Waals surface area contributed by atoms with Crippen LogP contribution in [0.3, 0.4) is 0 Å². The van der Waals surface area contributed by atoms with Crippen molar-refractivity contribution in [3.63, 3.8) is 0 Å². The fourth-order valence-corrected chi connectivity index (χ4v) is 2.98. The number of aromatic hydroxyl groups is 1. The molecule has 2 N–H and O–H groups in total. The molecule has 0 saturated carbocycles. The van der Waals surface area contributed by atoms with E-state index in [1.54, 1.807) is 6.07 Å². The fraction of sp³-hybridized carbons (Fsp3) is 0.538. The average Bonchev–Trinajstić information content (AvgIpc) is 2.41. The van der Waals surface area contributed by atoms with Crippen molar-refractivity contribution in [1.29, 1.82) is 0 Å². The van der Waals surface area contributed by atoms with Crippen LogP contribution in [0.2, 0.25) is 10.0 Å². The molecule has 0 radical (unpaired) electrons. The molecule has 0 aromatic heterocycles. The van der Waals surface area contributed by atoms with E-state index < -0.39 is 6.67 Å². The van der Waals surface area contributed by atoms with Gasteiger partial charge in [-0.1, -0.05) is 23.2 Å². The second-order valence-electron chi connectivity index (χ2n) is 4.60. The van der Waals surface area contributed by atoms with Gasteiger partial charge in [0.1, 0.15) is 5.75 Å². The van der Waals surface area contributed by atoms with Gasteiger partial charge >= 0.3 is 0 Å². The Bertz CT molecular complexity index is 442. The van der Waals surface area contributed by atoms with Crippen LogP contribution >= 0.6 is 35.6 Å². The lowest BCUT2D eigenvalue weighted by Gasteiger charge is -2.35. The van der Waals surface area contributed by atoms with Crippen molar-refractivity contribution in [3.05, 3.63) is 27.7 Å². The molecule has 1 atom stereocenters. The number of phenols is 1. The molecule has 0 bridgehead atoms. The summed E-state index contributed by atoms with van der Waals surface area (Å²) in [5, 5.41) is 14.0. The minimum atomic E-state index is -0.446. The maximum absolute atomic E-state index is 12.8. The number of piperazine rings is 1. The predicted octanol–water partition coefficient (Wildman–Crippen LogP) is 3.43. The van der Waals surface area contributed by atoms with E-state index >= 15 is 0 Å². The first kappa shape index (κ1) is 17.8. The Kier molecular flexibility index (Phi) is 7.34. The van der Waals surface area contributed by atoms with E-state index in [2.05, 4.69) is 10.2 Å². The van der Waals surface area contributed by atoms with Crippen LogP contribution in [0.25, 0.3) is 0 Å². The molecule has 1 aromatic rings. The minimum absolute atomic E-state index is 0. The number of nitrogens with zero attached hydrogens (tertiary/aromatic N) is 1. The zero-order chi connectivity index (χ0) is 13.8. The highest BCUT2D eigenvalue weighted by Crippen LogP contribution is 2.38. The summed E-state index contributed by atoms with van der Waals surface area (Å²) in [4.78, 5) is 2.15. The van der Waals surface area contributed by atoms with E-state index in [4.69, 9.17) is 23.2 Å². The Hall–Kier alpha value is -0.260. The molecule has 2 rings (SSSR count). The third-order valence-electron chi connectivity index (χ3n) is 3.39. The first-order valence-electron chi connectivity index (χ1n) is 6.32. The minimum Gasteiger partial charge on any atom is -0.506 e. The molecule has 7 heteroatoms. The highest BCUT2D eigenvalue weighted by molar-refractivity contribution is 6.35. The van der Waals surface area contributed by atoms with Crippen LogP contribution in [0.5, 0.6) is 5.75 Å². The summed E-state index contributed by atoms with van der Waals surface area (Å²) in [5.41, 5.74) is 0.608. The van der Waals surface area contributed by atoms with Crippen LogP contribution in [0.1, 0.15) is 18.0 Å². The first-order chi connectivity index (χ1) is 9.13. The van der Waals surface area contributed by atoms with Gasteiger partial charge in [-0.3, -0.25) is 9.29 Å². The molecule has 0 aliphatic carbocycles. The molecular formula is C13H18Cl3FN2O. The van der Waals surface area contributed by atoms with E-state index in [9.17, 15) is 9.50 Å². The van der Waals surface area contributed by atoms with Gasteiger partial charge in [0.15, 0.2) is 0 Å². The zero-order valence-electron chi connectivity index (χ0n) is 10.9. The van der Waals surface area contributed by atoms with Crippen molar-refractivity contribution < 1.29 is 9.50 Å². The van der Waals surface area contributed by atoms with E-state index in [-0.39, 0.29) is 29.2 Å². The third kappa shape index (κ3) is 4.12. The smallest absolute Gasteiger partial charge is 0.139 e. The summed E-state index contributed by atoms with van der Waals surface area (Å²) in [6, 6.07) is 2.97. The number of halogens is 4. The van der Waals surface area contributed by atoms with Gasteiger partial charge in [0, 0.05) is 42.8 Å². The van der Waals surface area contributed by atoms with Crippen molar-refractivity contribution >= 4 is 35.6 Å². The van der Waals surface area contributed by atoms with Crippen LogP contribution in [0, 0.1) is 0 Å². The second kappa shape index (κ2) is 8.25. The average molecular weight is 344 g/mol. The molecule has 1 aliphatic heterocycles. The number of phenolic OH excluding ortho intramolecular Hbond substituents is 1. The molecule has 0 amide bonds. The Labute approximate surface area is 134 Å². The molecule has 1 saturated heterocycles. The highest BCUT2D eigenvalue weighted by Gasteiger charge is 2.25. The highest BCUT2D eigenvalue weighted by atomic mass is 35.5. The Balaban J connectivity index is 0.00000200. The Morgan fingerprint density at radius 1 is 1.30 bits per heavy atom. The van der Waals surface area contributed by atoms with E-state index in [1.165, 1.54) is 6.07 Å². The van der Waals surface area contributed by atoms with Crippen molar-refractivity contribution in [3.8, 4) is 5.75 Å². The van der Waals surface area contributed by atoms with Crippen LogP contribution in [0.4, 0.5) is 4.39 Å². The summed E-state index contributed by atoms with van der Waals surface area (Å²) >= 11 is 11.9. The van der Waals surface area contributed by atoms with Gasteiger partial charge in [-0.25, -0.2) is 0 Å². The number of benzene rings is 1. The Morgan fingerprint density at radius 2 is 1.95 bits per heavy atom. The fourth-order valence-electron chi connectivity index (χ4n) is 2.47. The van der Waals surface area contributed by atoms with Crippen LogP contribution in [-0.2, 0) is 0 Å². The van der Waals surface area contributed by atoms with Gasteiger partial charge in [-0.15, -0.1) is 12.4 Å². The number of alkyl halides is 1. The molecule has 20 heavy (non-hydrogen) atoms. The zero-order valence-corrected chi connectivity index (χ0v) is 13.2. The van der Waals surface area contributed by atoms with E-state index in [0.717, 1.165) is 26.2 Å². The maximum atomic E-state index is 12.8. The summed E-state index contributed by atoms with van der Waals surface area (Å²) in [5.74, 6) is 0.00282. The summed E-state index contributed by atoms with van der Waals surface area (Å²) in [6.07, 6.45) is 0.324. The van der Waals surface area contributed by atoms with Crippen LogP contribution in [0.15, 0.2) is 12.1 Å². The molecule has 1 fully saturated rings. The van der Waals surface area contributed by atoms with E-state index in [1.807, 2.05) is 0 Å². The van der Waals surface area contributed by atoms with Crippen molar-refractivity contribution in [1.82, 2.24) is 10.2 Å². The number of hydrogen-bond donors (Lipinski definition) is 2. The molecular weight excluding hydrogens is 326 g/mol. The lowest BCUT2D eigenvalue weighted by Crippen LogP contribution is -2.45. The van der Waals surface area contributed by atoms with Crippen LogP contribution in [-0.4, -0.2) is 42.9 Å². The number of rotatable bonds is 4. The topological polar surface area (TPSA) is 35.5 Å². The van der Waals surface area contributed by atoms with Gasteiger partial charge < -0.3 is 10.4 Å². The Morgan fingerprint density at radius 3 is 2.55 bits per heavy atom. The molecule has 0 spiro atoms. The SMILES string of the molecule is Cl.Oc1c(Cl)cc(Cl)cc1[C@H](CCF)N1CCNCC1. The third-order valence-corrected chi connectivity index (χ3v) is 3.90. The van der Waals surface area contributed by atoms with Gasteiger partial charge in [-0.05, 0) is 18.6 Å². The standard InChI is InChI=1S/C13H17Cl2FN2O.ClH/c14-9-7-10(13(19)11(15)8-9)12(1-2-16)18-5-3-17-4-6-18;/h7-8,12,17,19H,1-6H2;1H/t12-;/m0./s1. The second-order valence-corrected chi connectivity index (χ2v) is 5.45. The van der Waals surface area contributed by atoms with Crippen LogP contribution < -0.4 is 5.32 Å². The van der Waals surface area contributed by atoms with Crippen molar-refractivity contribution in [2.24, 2.45) is 0 Å². The number of hydrogen-bond acceptors (Lipinski definition) is 3. The molecule has 1 aliphatic rings. The first-order valence-corrected chi connectivity index (χ1v) is 7.07. The normalized spacial score (nSPS) is 17.6. The summed E-state index contributed by atoms with van der Waals surface area (Å²) < 4.78 is 12.8. The van der Waals surface area contributed by atoms with Crippen molar-refractivity contribution in [2.75, 3.05) is 32.9 Å². The molecule has 0 unspecified atom stereocenters. The maximum Gasteiger partial charge on any atom is 0.139 e. The molecule has 1 heterocycles. The monoisotopic (exact) mass is 342 g/mol. The van der Waals surface area contributed by atoms with Gasteiger partial charge in [0.05, 0.1) is 11.7 Å². The molecule has 114 valence electrons. The quantitative estimate of drug-likeness (QED) is 0.879. The lowest BCUT2D eigenvalue weighted by atomic mass is 10.0. The summed E-state index contributed by atoms with van der Waals surface area (Å²) in [7, 11) is 0. The van der Waals surface area contributed by atoms with Gasteiger partial charge in [0.25, 0.3) is 0 Å². The van der Waals surface area contributed by atoms with Crippen molar-refractivity contribution in [2.45, 2.75) is 12.5 Å². The molecule has 3 nitrogen and oxygen atoms in total. The van der Waals surface area contributed by atoms with Gasteiger partial charge in [0.2, 0.25) is 0 Å². The largest absolute Gasteiger partial charge is 0.506 e. The predicted molar refractivity (Wildman–Crippen MR) is 83.2 cm³/mol. The summed E-state index contributed by atoms with van der Waals surface area (Å²) in [6.45, 7) is 2.90. The lowest BCUT2D eigenvalue weighted by molar-refractivity contribution is 0.155. The van der Waals surface area contributed by atoms with E-state index in [0.29, 0.717) is 17.0 Å².